The van der Waals surface area contributed by atoms with Crippen LogP contribution in [0.5, 0.6) is 5.75 Å². The molecule has 1 aromatic rings. The van der Waals surface area contributed by atoms with Gasteiger partial charge in [0, 0.05) is 11.6 Å². The molecule has 0 aliphatic rings. The quantitative estimate of drug-likeness (QED) is 0.801. The topological polar surface area (TPSA) is 38.3 Å². The molecule has 0 saturated heterocycles. The Morgan fingerprint density at radius 3 is 3.00 bits per heavy atom. The van der Waals surface area contributed by atoms with Crippen molar-refractivity contribution >= 4 is 17.5 Å². The van der Waals surface area contributed by atoms with E-state index >= 15 is 0 Å². The third kappa shape index (κ3) is 3.95. The second-order valence-corrected chi connectivity index (χ2v) is 3.73. The van der Waals surface area contributed by atoms with E-state index in [1.54, 1.807) is 24.3 Å². The Morgan fingerprint density at radius 2 is 2.38 bits per heavy atom. The van der Waals surface area contributed by atoms with Gasteiger partial charge in [-0.15, -0.1) is 6.58 Å². The fourth-order valence-corrected chi connectivity index (χ4v) is 1.38. The van der Waals surface area contributed by atoms with Gasteiger partial charge in [-0.05, 0) is 30.7 Å². The van der Waals surface area contributed by atoms with Crippen molar-refractivity contribution in [2.75, 3.05) is 13.2 Å². The van der Waals surface area contributed by atoms with Crippen LogP contribution in [0, 0.1) is 6.92 Å². The minimum atomic E-state index is -0.172. The van der Waals surface area contributed by atoms with Crippen LogP contribution in [-0.2, 0) is 4.79 Å². The molecular formula is C12H14ClNO2. The lowest BCUT2D eigenvalue weighted by Crippen LogP contribution is -2.28. The number of carbonyl (C=O) groups is 1. The van der Waals surface area contributed by atoms with E-state index in [4.69, 9.17) is 16.3 Å². The molecule has 4 heteroatoms. The molecule has 0 bridgehead atoms. The van der Waals surface area contributed by atoms with Crippen molar-refractivity contribution in [3.63, 3.8) is 0 Å². The molecule has 0 saturated carbocycles. The molecule has 0 atom stereocenters. The van der Waals surface area contributed by atoms with Crippen LogP contribution in [0.3, 0.4) is 0 Å². The Kier molecular flexibility index (Phi) is 4.86. The normalized spacial score (nSPS) is 9.62. The molecule has 1 N–H and O–H groups in total. The van der Waals surface area contributed by atoms with Gasteiger partial charge in [0.05, 0.1) is 0 Å². The third-order valence-corrected chi connectivity index (χ3v) is 2.17. The first-order chi connectivity index (χ1) is 7.63. The van der Waals surface area contributed by atoms with E-state index in [2.05, 4.69) is 11.9 Å². The van der Waals surface area contributed by atoms with Crippen LogP contribution in [0.25, 0.3) is 0 Å². The molecule has 1 rings (SSSR count). The zero-order chi connectivity index (χ0) is 12.0. The summed E-state index contributed by atoms with van der Waals surface area (Å²) in [4.78, 5) is 11.2. The van der Waals surface area contributed by atoms with Crippen LogP contribution in [0.15, 0.2) is 30.9 Å². The number of aryl methyl sites for hydroxylation is 1. The highest BCUT2D eigenvalue weighted by Crippen LogP contribution is 2.21. The minimum Gasteiger partial charge on any atom is -0.484 e. The molecule has 0 aliphatic heterocycles. The van der Waals surface area contributed by atoms with E-state index in [0.717, 1.165) is 5.56 Å². The van der Waals surface area contributed by atoms with Crippen molar-refractivity contribution in [1.29, 1.82) is 0 Å². The van der Waals surface area contributed by atoms with Crippen LogP contribution >= 0.6 is 11.6 Å². The molecule has 1 aromatic carbocycles. The zero-order valence-electron chi connectivity index (χ0n) is 9.13. The van der Waals surface area contributed by atoms with E-state index < -0.39 is 0 Å². The first-order valence-electron chi connectivity index (χ1n) is 4.90. The number of hydrogen-bond donors (Lipinski definition) is 1. The maximum Gasteiger partial charge on any atom is 0.258 e. The van der Waals surface area contributed by atoms with Crippen molar-refractivity contribution in [2.24, 2.45) is 0 Å². The van der Waals surface area contributed by atoms with Gasteiger partial charge in [-0.3, -0.25) is 4.79 Å². The summed E-state index contributed by atoms with van der Waals surface area (Å²) in [6, 6.07) is 5.27. The molecule has 16 heavy (non-hydrogen) atoms. The van der Waals surface area contributed by atoms with Gasteiger partial charge >= 0.3 is 0 Å². The first-order valence-corrected chi connectivity index (χ1v) is 5.28. The minimum absolute atomic E-state index is 0.00366. The summed E-state index contributed by atoms with van der Waals surface area (Å²) in [6.07, 6.45) is 1.62. The lowest BCUT2D eigenvalue weighted by molar-refractivity contribution is -0.122. The molecule has 0 aliphatic carbocycles. The van der Waals surface area contributed by atoms with E-state index in [-0.39, 0.29) is 12.5 Å². The molecular weight excluding hydrogens is 226 g/mol. The SMILES string of the molecule is C=CCNC(=O)COc1ccc(Cl)cc1C. The van der Waals surface area contributed by atoms with Crippen molar-refractivity contribution in [3.8, 4) is 5.75 Å². The predicted octanol–water partition coefficient (Wildman–Crippen LogP) is 2.33. The predicted molar refractivity (Wildman–Crippen MR) is 64.9 cm³/mol. The highest BCUT2D eigenvalue weighted by molar-refractivity contribution is 6.30. The summed E-state index contributed by atoms with van der Waals surface area (Å²) >= 11 is 5.80. The van der Waals surface area contributed by atoms with Crippen LogP contribution in [0.1, 0.15) is 5.56 Å². The number of halogens is 1. The van der Waals surface area contributed by atoms with Crippen molar-refractivity contribution in [2.45, 2.75) is 6.92 Å². The first kappa shape index (κ1) is 12.6. The average Bonchev–Trinajstić information content (AvgIpc) is 2.25. The summed E-state index contributed by atoms with van der Waals surface area (Å²) in [5.41, 5.74) is 0.907. The smallest absolute Gasteiger partial charge is 0.258 e. The molecule has 0 radical (unpaired) electrons. The second-order valence-electron chi connectivity index (χ2n) is 3.29. The Morgan fingerprint density at radius 1 is 1.62 bits per heavy atom. The molecule has 3 nitrogen and oxygen atoms in total. The monoisotopic (exact) mass is 239 g/mol. The molecule has 86 valence electrons. The number of nitrogens with one attached hydrogen (secondary N) is 1. The summed E-state index contributed by atoms with van der Waals surface area (Å²) in [7, 11) is 0. The van der Waals surface area contributed by atoms with E-state index in [1.807, 2.05) is 6.92 Å². The van der Waals surface area contributed by atoms with E-state index in [9.17, 15) is 4.79 Å². The largest absolute Gasteiger partial charge is 0.484 e. The summed E-state index contributed by atoms with van der Waals surface area (Å²) < 4.78 is 5.35. The van der Waals surface area contributed by atoms with Gasteiger partial charge in [0.1, 0.15) is 5.75 Å². The number of amides is 1. The Balaban J connectivity index is 2.48. The maximum absolute atomic E-state index is 11.2. The molecule has 0 spiro atoms. The third-order valence-electron chi connectivity index (χ3n) is 1.94. The molecule has 1 amide bonds. The fourth-order valence-electron chi connectivity index (χ4n) is 1.16. The zero-order valence-corrected chi connectivity index (χ0v) is 9.88. The van der Waals surface area contributed by atoms with Gasteiger partial charge in [-0.1, -0.05) is 17.7 Å². The maximum atomic E-state index is 11.2. The van der Waals surface area contributed by atoms with Gasteiger partial charge in [0.2, 0.25) is 0 Å². The van der Waals surface area contributed by atoms with Crippen LogP contribution in [0.4, 0.5) is 0 Å². The molecule has 0 heterocycles. The van der Waals surface area contributed by atoms with Crippen molar-refractivity contribution in [3.05, 3.63) is 41.4 Å². The lowest BCUT2D eigenvalue weighted by Gasteiger charge is -2.08. The molecule has 0 fully saturated rings. The average molecular weight is 240 g/mol. The fraction of sp³-hybridized carbons (Fsp3) is 0.250. The van der Waals surface area contributed by atoms with Gasteiger partial charge in [-0.2, -0.15) is 0 Å². The highest BCUT2D eigenvalue weighted by atomic mass is 35.5. The van der Waals surface area contributed by atoms with Crippen molar-refractivity contribution < 1.29 is 9.53 Å². The molecule has 0 aromatic heterocycles. The van der Waals surface area contributed by atoms with Crippen LogP contribution in [0.2, 0.25) is 5.02 Å². The summed E-state index contributed by atoms with van der Waals surface area (Å²) in [6.45, 7) is 5.82. The van der Waals surface area contributed by atoms with Crippen molar-refractivity contribution in [1.82, 2.24) is 5.32 Å². The number of carbonyl (C=O) groups excluding carboxylic acids is 1. The summed E-state index contributed by atoms with van der Waals surface area (Å²) in [5, 5.41) is 3.28. The number of hydrogen-bond acceptors (Lipinski definition) is 2. The van der Waals surface area contributed by atoms with Gasteiger partial charge in [-0.25, -0.2) is 0 Å². The van der Waals surface area contributed by atoms with Crippen LogP contribution in [-0.4, -0.2) is 19.1 Å². The standard InChI is InChI=1S/C12H14ClNO2/c1-3-6-14-12(15)8-16-11-5-4-10(13)7-9(11)2/h3-5,7H,1,6,8H2,2H3,(H,14,15). The molecule has 0 unspecified atom stereocenters. The number of benzene rings is 1. The van der Waals surface area contributed by atoms with Gasteiger partial charge in [0.15, 0.2) is 6.61 Å². The Bertz CT molecular complexity index is 391. The number of ether oxygens (including phenoxy) is 1. The summed E-state index contributed by atoms with van der Waals surface area (Å²) in [5.74, 6) is 0.493. The number of rotatable bonds is 5. The highest BCUT2D eigenvalue weighted by Gasteiger charge is 2.03. The van der Waals surface area contributed by atoms with Gasteiger partial charge in [0.25, 0.3) is 5.91 Å². The van der Waals surface area contributed by atoms with E-state index in [1.165, 1.54) is 0 Å². The van der Waals surface area contributed by atoms with E-state index in [0.29, 0.717) is 17.3 Å². The van der Waals surface area contributed by atoms with Gasteiger partial charge < -0.3 is 10.1 Å². The Hall–Kier alpha value is -1.48. The lowest BCUT2D eigenvalue weighted by atomic mass is 10.2. The second kappa shape index (κ2) is 6.18. The van der Waals surface area contributed by atoms with Crippen LogP contribution < -0.4 is 10.1 Å². The Labute approximate surface area is 100 Å².